The average Bonchev–Trinajstić information content (AvgIpc) is 3.20. The molecule has 282 valence electrons. The van der Waals surface area contributed by atoms with E-state index < -0.39 is 5.41 Å². The second-order valence-electron chi connectivity index (χ2n) is 12.4. The number of anilines is 2. The highest BCUT2D eigenvalue weighted by molar-refractivity contribution is 5.61. The fourth-order valence-corrected chi connectivity index (χ4v) is 6.21. The van der Waals surface area contributed by atoms with Gasteiger partial charge in [0.25, 0.3) is 0 Å². The molecule has 12 heteroatoms. The topological polar surface area (TPSA) is 124 Å². The van der Waals surface area contributed by atoms with Gasteiger partial charge in [0.1, 0.15) is 11.2 Å². The van der Waals surface area contributed by atoms with Gasteiger partial charge in [-0.25, -0.2) is 0 Å². The zero-order valence-electron chi connectivity index (χ0n) is 30.1. The van der Waals surface area contributed by atoms with Gasteiger partial charge in [0.05, 0.1) is 112 Å². The van der Waals surface area contributed by atoms with E-state index in [0.29, 0.717) is 132 Å². The van der Waals surface area contributed by atoms with Crippen molar-refractivity contribution in [2.75, 3.05) is 142 Å². The minimum atomic E-state index is -1.14. The van der Waals surface area contributed by atoms with Gasteiger partial charge < -0.3 is 52.8 Å². The highest BCUT2D eigenvalue weighted by Gasteiger charge is 2.37. The molecule has 5 rings (SSSR count). The van der Waals surface area contributed by atoms with E-state index in [4.69, 9.17) is 37.9 Å². The first kappa shape index (κ1) is 39.4. The number of hydrogen-bond acceptors (Lipinski definition) is 12. The Labute approximate surface area is 307 Å². The number of benzene rings is 3. The molecule has 2 fully saturated rings. The van der Waals surface area contributed by atoms with Gasteiger partial charge in [0.2, 0.25) is 0 Å². The second kappa shape index (κ2) is 22.3. The largest absolute Gasteiger partial charge is 0.508 e. The van der Waals surface area contributed by atoms with E-state index in [1.54, 1.807) is 12.1 Å². The first-order valence-electron chi connectivity index (χ1n) is 18.2. The van der Waals surface area contributed by atoms with Gasteiger partial charge in [-0.15, -0.1) is 0 Å². The van der Waals surface area contributed by atoms with Gasteiger partial charge in [-0.05, 0) is 53.1 Å². The molecular weight excluding hydrogens is 666 g/mol. The van der Waals surface area contributed by atoms with E-state index in [1.807, 2.05) is 36.4 Å². The number of nitrogens with zero attached hydrogens (tertiary/aromatic N) is 3. The van der Waals surface area contributed by atoms with E-state index >= 15 is 0 Å². The van der Waals surface area contributed by atoms with E-state index in [-0.39, 0.29) is 5.75 Å². The van der Waals surface area contributed by atoms with Crippen LogP contribution in [0.2, 0.25) is 0 Å². The predicted octanol–water partition coefficient (Wildman–Crippen LogP) is 4.02. The van der Waals surface area contributed by atoms with E-state index in [9.17, 15) is 10.4 Å². The Balaban J connectivity index is 1.37. The van der Waals surface area contributed by atoms with Crippen LogP contribution in [0.4, 0.5) is 11.4 Å². The molecule has 0 bridgehead atoms. The fraction of sp³-hybridized carbons (Fsp3) is 0.525. The van der Waals surface area contributed by atoms with Crippen molar-refractivity contribution in [1.82, 2.24) is 0 Å². The SMILES string of the molecule is N#CC(c1ccc(O)cc1)(c1ccc(N2CCOCCOCCOCCOCC2)cc1)c1ccc(N2CCOCCOCCOCCOCC2)cc1. The lowest BCUT2D eigenvalue weighted by Gasteiger charge is -2.31. The molecule has 52 heavy (non-hydrogen) atoms. The normalized spacial score (nSPS) is 19.3. The van der Waals surface area contributed by atoms with Crippen LogP contribution in [0.25, 0.3) is 0 Å². The number of ether oxygens (including phenoxy) is 8. The van der Waals surface area contributed by atoms with Crippen LogP contribution in [0.15, 0.2) is 72.8 Å². The van der Waals surface area contributed by atoms with Crippen molar-refractivity contribution in [2.45, 2.75) is 5.41 Å². The van der Waals surface area contributed by atoms with Crippen molar-refractivity contribution in [3.8, 4) is 11.8 Å². The lowest BCUT2D eigenvalue weighted by atomic mass is 9.70. The molecule has 0 spiro atoms. The molecule has 3 aromatic rings. The van der Waals surface area contributed by atoms with Crippen molar-refractivity contribution >= 4 is 11.4 Å². The summed E-state index contributed by atoms with van der Waals surface area (Å²) in [4.78, 5) is 4.45. The Bertz CT molecular complexity index is 1340. The number of nitriles is 1. The third-order valence-corrected chi connectivity index (χ3v) is 9.05. The minimum absolute atomic E-state index is 0.140. The van der Waals surface area contributed by atoms with Crippen LogP contribution in [-0.2, 0) is 43.3 Å². The van der Waals surface area contributed by atoms with E-state index in [0.717, 1.165) is 28.1 Å². The molecule has 12 nitrogen and oxygen atoms in total. The second-order valence-corrected chi connectivity index (χ2v) is 12.4. The number of rotatable bonds is 5. The standard InChI is InChI=1S/C40H53N3O9/c41-33-40(36-5-11-39(44)12-6-36,34-1-7-37(8-2-34)42-13-17-45-21-25-49-29-30-50-26-22-46-18-14-42)35-3-9-38(10-4-35)43-15-19-47-23-27-51-31-32-52-28-24-48-20-16-43/h1-12,44H,13-32H2. The van der Waals surface area contributed by atoms with Gasteiger partial charge in [-0.1, -0.05) is 36.4 Å². The van der Waals surface area contributed by atoms with Crippen molar-refractivity contribution < 1.29 is 43.0 Å². The van der Waals surface area contributed by atoms with Gasteiger partial charge in [0.15, 0.2) is 0 Å². The summed E-state index contributed by atoms with van der Waals surface area (Å²) < 4.78 is 45.6. The Morgan fingerprint density at radius 3 is 0.923 bits per heavy atom. The highest BCUT2D eigenvalue weighted by atomic mass is 16.6. The molecule has 2 aliphatic heterocycles. The number of aromatic hydroxyl groups is 1. The van der Waals surface area contributed by atoms with Crippen LogP contribution in [0.1, 0.15) is 16.7 Å². The smallest absolute Gasteiger partial charge is 0.132 e. The summed E-state index contributed by atoms with van der Waals surface area (Å²) in [5.41, 5.74) is 3.25. The summed E-state index contributed by atoms with van der Waals surface area (Å²) in [7, 11) is 0. The molecule has 2 heterocycles. The summed E-state index contributed by atoms with van der Waals surface area (Å²) >= 11 is 0. The summed E-state index contributed by atoms with van der Waals surface area (Å²) in [6, 6.07) is 25.8. The minimum Gasteiger partial charge on any atom is -0.508 e. The van der Waals surface area contributed by atoms with Crippen LogP contribution in [-0.4, -0.2) is 137 Å². The van der Waals surface area contributed by atoms with E-state index in [2.05, 4.69) is 40.1 Å². The third-order valence-electron chi connectivity index (χ3n) is 9.05. The van der Waals surface area contributed by atoms with Gasteiger partial charge >= 0.3 is 0 Å². The van der Waals surface area contributed by atoms with E-state index in [1.165, 1.54) is 0 Å². The van der Waals surface area contributed by atoms with Crippen molar-refractivity contribution in [1.29, 1.82) is 5.26 Å². The number of hydrogen-bond donors (Lipinski definition) is 1. The van der Waals surface area contributed by atoms with Crippen molar-refractivity contribution in [3.05, 3.63) is 89.5 Å². The maximum absolute atomic E-state index is 11.1. The predicted molar refractivity (Wildman–Crippen MR) is 197 cm³/mol. The molecule has 0 aliphatic carbocycles. The summed E-state index contributed by atoms with van der Waals surface area (Å²) in [6.45, 7) is 11.2. The first-order chi connectivity index (χ1) is 25.7. The quantitative estimate of drug-likeness (QED) is 0.383. The fourth-order valence-electron chi connectivity index (χ4n) is 6.21. The molecular formula is C40H53N3O9. The molecule has 3 aromatic carbocycles. The molecule has 2 saturated heterocycles. The maximum atomic E-state index is 11.1. The van der Waals surface area contributed by atoms with Crippen LogP contribution in [0.3, 0.4) is 0 Å². The summed E-state index contributed by atoms with van der Waals surface area (Å²) in [5.74, 6) is 0.140. The molecule has 0 aromatic heterocycles. The van der Waals surface area contributed by atoms with Crippen LogP contribution >= 0.6 is 0 Å². The van der Waals surface area contributed by atoms with Crippen molar-refractivity contribution in [3.63, 3.8) is 0 Å². The molecule has 0 amide bonds. The Kier molecular flexibility index (Phi) is 16.9. The van der Waals surface area contributed by atoms with Gasteiger partial charge in [0, 0.05) is 37.6 Å². The monoisotopic (exact) mass is 719 g/mol. The summed E-state index contributed by atoms with van der Waals surface area (Å²) in [6.07, 6.45) is 0. The molecule has 0 atom stereocenters. The average molecular weight is 720 g/mol. The Morgan fingerprint density at radius 2 is 0.654 bits per heavy atom. The number of phenolic OH excluding ortho intramolecular Hbond substituents is 1. The summed E-state index contributed by atoms with van der Waals surface area (Å²) in [5, 5.41) is 21.2. The Morgan fingerprint density at radius 1 is 0.404 bits per heavy atom. The molecule has 1 N–H and O–H groups in total. The molecule has 2 aliphatic rings. The van der Waals surface area contributed by atoms with Crippen LogP contribution < -0.4 is 9.80 Å². The molecule has 0 saturated carbocycles. The zero-order chi connectivity index (χ0) is 36.1. The zero-order valence-corrected chi connectivity index (χ0v) is 30.1. The van der Waals surface area contributed by atoms with Crippen molar-refractivity contribution in [2.24, 2.45) is 0 Å². The lowest BCUT2D eigenvalue weighted by Crippen LogP contribution is -2.32. The Hall–Kier alpha value is -3.77. The lowest BCUT2D eigenvalue weighted by molar-refractivity contribution is 0.00206. The molecule has 0 radical (unpaired) electrons. The third kappa shape index (κ3) is 11.9. The van der Waals surface area contributed by atoms with Gasteiger partial charge in [-0.2, -0.15) is 5.26 Å². The molecule has 0 unspecified atom stereocenters. The highest BCUT2D eigenvalue weighted by Crippen LogP contribution is 2.40. The van der Waals surface area contributed by atoms with Crippen LogP contribution in [0.5, 0.6) is 5.75 Å². The van der Waals surface area contributed by atoms with Crippen LogP contribution in [0, 0.1) is 11.3 Å². The first-order valence-corrected chi connectivity index (χ1v) is 18.2. The van der Waals surface area contributed by atoms with Gasteiger partial charge in [-0.3, -0.25) is 0 Å². The number of phenols is 1. The maximum Gasteiger partial charge on any atom is 0.132 e.